The van der Waals surface area contributed by atoms with Crippen LogP contribution in [-0.4, -0.2) is 11.0 Å². The zero-order valence-electron chi connectivity index (χ0n) is 10.9. The van der Waals surface area contributed by atoms with Gasteiger partial charge < -0.3 is 9.90 Å². The van der Waals surface area contributed by atoms with Gasteiger partial charge in [0.25, 0.3) is 0 Å². The van der Waals surface area contributed by atoms with E-state index in [-0.39, 0.29) is 35.3 Å². The normalized spacial score (nSPS) is 9.74. The van der Waals surface area contributed by atoms with Gasteiger partial charge in [-0.05, 0) is 24.6 Å². The van der Waals surface area contributed by atoms with Gasteiger partial charge in [0.05, 0.1) is 11.7 Å². The van der Waals surface area contributed by atoms with Crippen LogP contribution in [0.4, 0.5) is 0 Å². The van der Waals surface area contributed by atoms with Gasteiger partial charge in [0, 0.05) is 16.8 Å². The molecule has 0 aliphatic carbocycles. The van der Waals surface area contributed by atoms with Crippen LogP contribution in [-0.2, 0) is 5.75 Å². The van der Waals surface area contributed by atoms with Crippen molar-refractivity contribution in [3.05, 3.63) is 59.4 Å². The molecule has 0 radical (unpaired) electrons. The monoisotopic (exact) mass is 281 g/mol. The van der Waals surface area contributed by atoms with E-state index in [1.54, 1.807) is 24.0 Å². The maximum atomic E-state index is 10.5. The molecule has 92 valence electrons. The Balaban J connectivity index is 0.00000180. The van der Waals surface area contributed by atoms with E-state index in [4.69, 9.17) is 0 Å². The molecule has 0 saturated heterocycles. The van der Waals surface area contributed by atoms with Gasteiger partial charge in [0.15, 0.2) is 0 Å². The first-order valence-electron chi connectivity index (χ1n) is 5.51. The maximum Gasteiger partial charge on any atom is 1.00 e. The summed E-state index contributed by atoms with van der Waals surface area (Å²) >= 11 is 1.62. The first-order chi connectivity index (χ1) is 8.65. The molecular formula is C14H12NNaO2S. The summed E-state index contributed by atoms with van der Waals surface area (Å²) in [5.41, 5.74) is 2.44. The van der Waals surface area contributed by atoms with Crippen molar-refractivity contribution in [3.63, 3.8) is 0 Å². The second kappa shape index (κ2) is 7.70. The summed E-state index contributed by atoms with van der Waals surface area (Å²) in [5, 5.41) is 10.5. The first kappa shape index (κ1) is 16.2. The second-order valence-electron chi connectivity index (χ2n) is 3.94. The number of pyridine rings is 1. The van der Waals surface area contributed by atoms with Crippen molar-refractivity contribution in [2.24, 2.45) is 0 Å². The van der Waals surface area contributed by atoms with E-state index in [0.29, 0.717) is 0 Å². The standard InChI is InChI=1S/C14H13NO2S.Na/c1-10-2-4-11(5-3-10)9-18-12-6-7-13(14(16)17)15-8-12;/h2-8H,9H2,1H3,(H,16,17);/q;+1/p-1. The molecule has 1 aromatic heterocycles. The van der Waals surface area contributed by atoms with Gasteiger partial charge in [-0.25, -0.2) is 0 Å². The van der Waals surface area contributed by atoms with Gasteiger partial charge in [-0.2, -0.15) is 0 Å². The third-order valence-electron chi connectivity index (χ3n) is 2.47. The number of aromatic carboxylic acids is 1. The molecule has 0 bridgehead atoms. The van der Waals surface area contributed by atoms with E-state index < -0.39 is 5.97 Å². The molecule has 19 heavy (non-hydrogen) atoms. The molecule has 0 atom stereocenters. The molecule has 0 aliphatic rings. The van der Waals surface area contributed by atoms with Crippen molar-refractivity contribution in [3.8, 4) is 0 Å². The van der Waals surface area contributed by atoms with Crippen LogP contribution in [0.5, 0.6) is 0 Å². The van der Waals surface area contributed by atoms with E-state index >= 15 is 0 Å². The molecule has 0 spiro atoms. The van der Waals surface area contributed by atoms with E-state index in [9.17, 15) is 9.90 Å². The molecule has 2 aromatic rings. The van der Waals surface area contributed by atoms with Crippen LogP contribution in [0.3, 0.4) is 0 Å². The molecule has 0 N–H and O–H groups in total. The Morgan fingerprint density at radius 3 is 2.42 bits per heavy atom. The Morgan fingerprint density at radius 2 is 1.89 bits per heavy atom. The van der Waals surface area contributed by atoms with Crippen LogP contribution in [0.15, 0.2) is 47.5 Å². The van der Waals surface area contributed by atoms with Crippen LogP contribution in [0.2, 0.25) is 0 Å². The molecular weight excluding hydrogens is 269 g/mol. The van der Waals surface area contributed by atoms with E-state index in [1.165, 1.54) is 17.2 Å². The number of benzene rings is 1. The fourth-order valence-corrected chi connectivity index (χ4v) is 2.25. The predicted molar refractivity (Wildman–Crippen MR) is 69.3 cm³/mol. The minimum Gasteiger partial charge on any atom is -0.543 e. The number of carbonyl (C=O) groups excluding carboxylic acids is 1. The number of carboxylic acids is 1. The Hall–Kier alpha value is -0.810. The maximum absolute atomic E-state index is 10.5. The average molecular weight is 281 g/mol. The van der Waals surface area contributed by atoms with Crippen molar-refractivity contribution < 1.29 is 39.5 Å². The fraction of sp³-hybridized carbons (Fsp3) is 0.143. The summed E-state index contributed by atoms with van der Waals surface area (Å²) in [7, 11) is 0. The summed E-state index contributed by atoms with van der Waals surface area (Å²) < 4.78 is 0. The van der Waals surface area contributed by atoms with E-state index in [2.05, 4.69) is 36.2 Å². The van der Waals surface area contributed by atoms with Gasteiger partial charge in [0.2, 0.25) is 0 Å². The van der Waals surface area contributed by atoms with Crippen LogP contribution in [0, 0.1) is 6.92 Å². The first-order valence-corrected chi connectivity index (χ1v) is 6.49. The summed E-state index contributed by atoms with van der Waals surface area (Å²) in [6.45, 7) is 2.06. The number of aromatic nitrogens is 1. The van der Waals surface area contributed by atoms with Gasteiger partial charge in [0.1, 0.15) is 0 Å². The number of hydrogen-bond acceptors (Lipinski definition) is 4. The predicted octanol–water partition coefficient (Wildman–Crippen LogP) is -0.950. The quantitative estimate of drug-likeness (QED) is 0.536. The molecule has 2 rings (SSSR count). The summed E-state index contributed by atoms with van der Waals surface area (Å²) in [6.07, 6.45) is 1.56. The molecule has 3 nitrogen and oxygen atoms in total. The number of hydrogen-bond donors (Lipinski definition) is 0. The third-order valence-corrected chi connectivity index (χ3v) is 3.52. The van der Waals surface area contributed by atoms with Gasteiger partial charge >= 0.3 is 29.6 Å². The zero-order valence-corrected chi connectivity index (χ0v) is 13.7. The van der Waals surface area contributed by atoms with Crippen molar-refractivity contribution >= 4 is 17.7 Å². The zero-order chi connectivity index (χ0) is 13.0. The average Bonchev–Trinajstić information content (AvgIpc) is 2.38. The fourth-order valence-electron chi connectivity index (χ4n) is 1.44. The number of rotatable bonds is 4. The second-order valence-corrected chi connectivity index (χ2v) is 4.99. The number of nitrogens with zero attached hydrogens (tertiary/aromatic N) is 1. The third kappa shape index (κ3) is 4.99. The molecule has 0 unspecified atom stereocenters. The molecule has 0 saturated carbocycles. The Labute approximate surface area is 138 Å². The minimum atomic E-state index is -1.25. The van der Waals surface area contributed by atoms with Crippen molar-refractivity contribution in [1.82, 2.24) is 4.98 Å². The van der Waals surface area contributed by atoms with Crippen LogP contribution < -0.4 is 34.7 Å². The summed E-state index contributed by atoms with van der Waals surface area (Å²) in [6, 6.07) is 11.5. The van der Waals surface area contributed by atoms with E-state index in [0.717, 1.165) is 10.6 Å². The van der Waals surface area contributed by atoms with Gasteiger partial charge in [-0.3, -0.25) is 4.98 Å². The van der Waals surface area contributed by atoms with Crippen LogP contribution in [0.1, 0.15) is 21.6 Å². The molecule has 1 aromatic carbocycles. The molecule has 0 fully saturated rings. The molecule has 1 heterocycles. The number of carbonyl (C=O) groups is 1. The van der Waals surface area contributed by atoms with Gasteiger partial charge in [-0.15, -0.1) is 11.8 Å². The summed E-state index contributed by atoms with van der Waals surface area (Å²) in [5.74, 6) is -0.405. The van der Waals surface area contributed by atoms with E-state index in [1.807, 2.05) is 0 Å². The number of thioether (sulfide) groups is 1. The van der Waals surface area contributed by atoms with Gasteiger partial charge in [-0.1, -0.05) is 29.8 Å². The largest absolute Gasteiger partial charge is 1.00 e. The Morgan fingerprint density at radius 1 is 1.21 bits per heavy atom. The number of carboxylic acid groups (broad SMARTS) is 1. The Bertz CT molecular complexity index is 540. The van der Waals surface area contributed by atoms with Crippen molar-refractivity contribution in [2.45, 2.75) is 17.6 Å². The SMILES string of the molecule is Cc1ccc(CSc2ccc(C(=O)[O-])nc2)cc1.[Na+]. The Kier molecular flexibility index (Phi) is 6.58. The molecule has 0 aliphatic heterocycles. The number of aryl methyl sites for hydroxylation is 1. The van der Waals surface area contributed by atoms with Crippen molar-refractivity contribution in [1.29, 1.82) is 0 Å². The van der Waals surface area contributed by atoms with Crippen molar-refractivity contribution in [2.75, 3.05) is 0 Å². The van der Waals surface area contributed by atoms with Crippen LogP contribution >= 0.6 is 11.8 Å². The minimum absolute atomic E-state index is 0. The molecule has 0 amide bonds. The summed E-state index contributed by atoms with van der Waals surface area (Å²) in [4.78, 5) is 15.3. The topological polar surface area (TPSA) is 53.0 Å². The molecule has 5 heteroatoms. The van der Waals surface area contributed by atoms with Crippen LogP contribution in [0.25, 0.3) is 0 Å². The smallest absolute Gasteiger partial charge is 0.543 e.